The first-order valence-corrected chi connectivity index (χ1v) is 8.02. The number of hydrogen-bond acceptors (Lipinski definition) is 1. The van der Waals surface area contributed by atoms with E-state index in [-0.39, 0.29) is 5.82 Å². The van der Waals surface area contributed by atoms with Crippen LogP contribution in [0.1, 0.15) is 30.9 Å². The highest BCUT2D eigenvalue weighted by atomic mass is 79.9. The third-order valence-electron chi connectivity index (χ3n) is 3.81. The van der Waals surface area contributed by atoms with Crippen molar-refractivity contribution in [1.29, 1.82) is 0 Å². The third kappa shape index (κ3) is 4.07. The molecule has 0 fully saturated rings. The molecule has 0 aliphatic carbocycles. The predicted octanol–water partition coefficient (Wildman–Crippen LogP) is 5.75. The van der Waals surface area contributed by atoms with Crippen LogP contribution in [0.15, 0.2) is 46.9 Å². The molecule has 2 aromatic rings. The maximum Gasteiger partial charge on any atom is 0.139 e. The van der Waals surface area contributed by atoms with Gasteiger partial charge in [0.05, 0.1) is 4.47 Å². The van der Waals surface area contributed by atoms with E-state index in [4.69, 9.17) is 0 Å². The number of benzene rings is 2. The average Bonchev–Trinajstić information content (AvgIpc) is 2.45. The van der Waals surface area contributed by atoms with Crippen molar-refractivity contribution in [2.45, 2.75) is 26.7 Å². The molecule has 0 saturated heterocycles. The summed E-state index contributed by atoms with van der Waals surface area (Å²) in [6, 6.07) is 13.8. The largest absolute Gasteiger partial charge is 0.384 e. The third-order valence-corrected chi connectivity index (χ3v) is 4.42. The van der Waals surface area contributed by atoms with Crippen LogP contribution < -0.4 is 5.32 Å². The SMILES string of the molecule is Cc1cc(Br)c(F)cc1NCC(c1ccccc1)C(C)C. The Hall–Kier alpha value is -1.35. The van der Waals surface area contributed by atoms with E-state index in [1.807, 2.05) is 19.1 Å². The Morgan fingerprint density at radius 1 is 1.14 bits per heavy atom. The van der Waals surface area contributed by atoms with Crippen LogP contribution in [0.25, 0.3) is 0 Å². The van der Waals surface area contributed by atoms with Gasteiger partial charge < -0.3 is 5.32 Å². The molecule has 112 valence electrons. The summed E-state index contributed by atoms with van der Waals surface area (Å²) in [7, 11) is 0. The molecule has 2 rings (SSSR count). The van der Waals surface area contributed by atoms with Crippen molar-refractivity contribution in [3.8, 4) is 0 Å². The van der Waals surface area contributed by atoms with E-state index in [1.165, 1.54) is 5.56 Å². The molecule has 0 aliphatic rings. The van der Waals surface area contributed by atoms with Gasteiger partial charge >= 0.3 is 0 Å². The van der Waals surface area contributed by atoms with Crippen LogP contribution in [0.5, 0.6) is 0 Å². The molecule has 1 atom stereocenters. The minimum absolute atomic E-state index is 0.232. The smallest absolute Gasteiger partial charge is 0.139 e. The quantitative estimate of drug-likeness (QED) is 0.724. The molecular weight excluding hydrogens is 329 g/mol. The van der Waals surface area contributed by atoms with Gasteiger partial charge in [-0.05, 0) is 52.0 Å². The highest BCUT2D eigenvalue weighted by Crippen LogP contribution is 2.27. The van der Waals surface area contributed by atoms with Crippen molar-refractivity contribution in [2.24, 2.45) is 5.92 Å². The molecule has 1 unspecified atom stereocenters. The Bertz CT molecular complexity index is 596. The summed E-state index contributed by atoms with van der Waals surface area (Å²) in [5, 5.41) is 3.40. The summed E-state index contributed by atoms with van der Waals surface area (Å²) >= 11 is 3.22. The standard InChI is InChI=1S/C18H21BrFN/c1-12(2)15(14-7-5-4-6-8-14)11-21-18-10-17(20)16(19)9-13(18)3/h4-10,12,15,21H,11H2,1-3H3. The van der Waals surface area contributed by atoms with Crippen LogP contribution in [-0.4, -0.2) is 6.54 Å². The molecule has 3 heteroatoms. The molecule has 0 bridgehead atoms. The van der Waals surface area contributed by atoms with Gasteiger partial charge in [-0.15, -0.1) is 0 Å². The first-order valence-electron chi connectivity index (χ1n) is 7.23. The second-order valence-electron chi connectivity index (χ2n) is 5.72. The maximum absolute atomic E-state index is 13.7. The summed E-state index contributed by atoms with van der Waals surface area (Å²) in [6.45, 7) is 7.21. The Balaban J connectivity index is 2.15. The van der Waals surface area contributed by atoms with Crippen LogP contribution in [0.3, 0.4) is 0 Å². The minimum Gasteiger partial charge on any atom is -0.384 e. The Kier molecular flexibility index (Phi) is 5.40. The van der Waals surface area contributed by atoms with E-state index in [0.717, 1.165) is 17.8 Å². The molecule has 1 nitrogen and oxygen atoms in total. The summed E-state index contributed by atoms with van der Waals surface area (Å²) in [5.41, 5.74) is 3.21. The van der Waals surface area contributed by atoms with Gasteiger partial charge in [0.1, 0.15) is 5.82 Å². The molecule has 0 saturated carbocycles. The van der Waals surface area contributed by atoms with E-state index in [1.54, 1.807) is 6.07 Å². The maximum atomic E-state index is 13.7. The normalized spacial score (nSPS) is 12.5. The lowest BCUT2D eigenvalue weighted by Gasteiger charge is -2.23. The fourth-order valence-corrected chi connectivity index (χ4v) is 2.95. The molecular formula is C18H21BrFN. The van der Waals surface area contributed by atoms with Crippen LogP contribution in [0, 0.1) is 18.7 Å². The summed E-state index contributed by atoms with van der Waals surface area (Å²) in [4.78, 5) is 0. The van der Waals surface area contributed by atoms with E-state index in [2.05, 4.69) is 59.4 Å². The number of aryl methyl sites for hydroxylation is 1. The summed E-state index contributed by atoms with van der Waals surface area (Å²) in [6.07, 6.45) is 0. The van der Waals surface area contributed by atoms with E-state index in [9.17, 15) is 4.39 Å². The zero-order valence-electron chi connectivity index (χ0n) is 12.7. The second kappa shape index (κ2) is 7.08. The molecule has 21 heavy (non-hydrogen) atoms. The fourth-order valence-electron chi connectivity index (χ4n) is 2.50. The molecule has 0 aliphatic heterocycles. The van der Waals surface area contributed by atoms with Gasteiger partial charge in [0.15, 0.2) is 0 Å². The van der Waals surface area contributed by atoms with Crippen LogP contribution in [0.4, 0.5) is 10.1 Å². The van der Waals surface area contributed by atoms with Crippen molar-refractivity contribution in [3.05, 3.63) is 63.9 Å². The monoisotopic (exact) mass is 349 g/mol. The van der Waals surface area contributed by atoms with Gasteiger partial charge in [-0.3, -0.25) is 0 Å². The summed E-state index contributed by atoms with van der Waals surface area (Å²) < 4.78 is 14.2. The van der Waals surface area contributed by atoms with E-state index >= 15 is 0 Å². The average molecular weight is 350 g/mol. The lowest BCUT2D eigenvalue weighted by Crippen LogP contribution is -2.18. The van der Waals surface area contributed by atoms with Gasteiger partial charge in [0, 0.05) is 18.2 Å². The zero-order valence-corrected chi connectivity index (χ0v) is 14.2. The van der Waals surface area contributed by atoms with Gasteiger partial charge in [0.25, 0.3) is 0 Å². The van der Waals surface area contributed by atoms with Gasteiger partial charge in [-0.1, -0.05) is 44.2 Å². The molecule has 0 amide bonds. The molecule has 2 aromatic carbocycles. The first kappa shape index (κ1) is 16.0. The molecule has 1 N–H and O–H groups in total. The van der Waals surface area contributed by atoms with E-state index < -0.39 is 0 Å². The molecule has 0 heterocycles. The van der Waals surface area contributed by atoms with E-state index in [0.29, 0.717) is 16.3 Å². The topological polar surface area (TPSA) is 12.0 Å². The highest BCUT2D eigenvalue weighted by molar-refractivity contribution is 9.10. The van der Waals surface area contributed by atoms with Crippen molar-refractivity contribution in [2.75, 3.05) is 11.9 Å². The lowest BCUT2D eigenvalue weighted by molar-refractivity contribution is 0.516. The van der Waals surface area contributed by atoms with Crippen molar-refractivity contribution in [3.63, 3.8) is 0 Å². The Morgan fingerprint density at radius 3 is 2.43 bits per heavy atom. The number of anilines is 1. The number of halogens is 2. The van der Waals surface area contributed by atoms with Crippen LogP contribution in [0.2, 0.25) is 0 Å². The van der Waals surface area contributed by atoms with Crippen molar-refractivity contribution < 1.29 is 4.39 Å². The lowest BCUT2D eigenvalue weighted by atomic mass is 9.88. The summed E-state index contributed by atoms with van der Waals surface area (Å²) in [5.74, 6) is 0.682. The molecule has 0 radical (unpaired) electrons. The zero-order chi connectivity index (χ0) is 15.4. The number of hydrogen-bond donors (Lipinski definition) is 1. The molecule has 0 spiro atoms. The minimum atomic E-state index is -0.232. The Morgan fingerprint density at radius 2 is 1.81 bits per heavy atom. The Labute approximate surface area is 134 Å². The second-order valence-corrected chi connectivity index (χ2v) is 6.58. The van der Waals surface area contributed by atoms with Gasteiger partial charge in [-0.2, -0.15) is 0 Å². The van der Waals surface area contributed by atoms with Crippen molar-refractivity contribution >= 4 is 21.6 Å². The van der Waals surface area contributed by atoms with Crippen LogP contribution in [-0.2, 0) is 0 Å². The molecule has 0 aromatic heterocycles. The van der Waals surface area contributed by atoms with Gasteiger partial charge in [-0.25, -0.2) is 4.39 Å². The number of nitrogens with one attached hydrogen (secondary N) is 1. The fraction of sp³-hybridized carbons (Fsp3) is 0.333. The van der Waals surface area contributed by atoms with Gasteiger partial charge in [0.2, 0.25) is 0 Å². The predicted molar refractivity (Wildman–Crippen MR) is 91.3 cm³/mol. The van der Waals surface area contributed by atoms with Crippen LogP contribution >= 0.6 is 15.9 Å². The first-order chi connectivity index (χ1) is 9.99. The highest BCUT2D eigenvalue weighted by Gasteiger charge is 2.16. The number of rotatable bonds is 5. The van der Waals surface area contributed by atoms with Crippen molar-refractivity contribution in [1.82, 2.24) is 0 Å².